The molecule has 82 valence electrons. The number of hydrogen-bond acceptors (Lipinski definition) is 1. The van der Waals surface area contributed by atoms with E-state index in [1.54, 1.807) is 0 Å². The molecule has 0 radical (unpaired) electrons. The first kappa shape index (κ1) is 9.64. The average Bonchev–Trinajstić information content (AvgIpc) is 3.04. The van der Waals surface area contributed by atoms with Gasteiger partial charge < -0.3 is 0 Å². The van der Waals surface area contributed by atoms with Crippen molar-refractivity contribution in [2.24, 2.45) is 7.05 Å². The van der Waals surface area contributed by atoms with Gasteiger partial charge in [0.25, 0.3) is 0 Å². The number of aromatic nitrogens is 2. The summed E-state index contributed by atoms with van der Waals surface area (Å²) in [5, 5.41) is 4.59. The van der Waals surface area contributed by atoms with Crippen molar-refractivity contribution in [1.82, 2.24) is 9.78 Å². The fraction of sp³-hybridized carbons (Fsp3) is 0.357. The lowest BCUT2D eigenvalue weighted by atomic mass is 10.0. The monoisotopic (exact) mass is 212 g/mol. The highest BCUT2D eigenvalue weighted by molar-refractivity contribution is 5.66. The van der Waals surface area contributed by atoms with E-state index in [-0.39, 0.29) is 0 Å². The minimum Gasteiger partial charge on any atom is -0.275 e. The summed E-state index contributed by atoms with van der Waals surface area (Å²) in [7, 11) is 2.00. The van der Waals surface area contributed by atoms with Crippen LogP contribution < -0.4 is 0 Å². The third-order valence-corrected chi connectivity index (χ3v) is 3.18. The van der Waals surface area contributed by atoms with Crippen molar-refractivity contribution in [2.75, 3.05) is 0 Å². The summed E-state index contributed by atoms with van der Waals surface area (Å²) >= 11 is 0. The highest BCUT2D eigenvalue weighted by atomic mass is 15.3. The third-order valence-electron chi connectivity index (χ3n) is 3.18. The van der Waals surface area contributed by atoms with Crippen LogP contribution in [0.2, 0.25) is 0 Å². The summed E-state index contributed by atoms with van der Waals surface area (Å²) in [5.41, 5.74) is 5.19. The molecule has 1 fully saturated rings. The maximum atomic E-state index is 4.59. The normalized spacial score (nSPS) is 15.4. The van der Waals surface area contributed by atoms with Crippen molar-refractivity contribution in [3.8, 4) is 11.1 Å². The van der Waals surface area contributed by atoms with Gasteiger partial charge in [-0.05, 0) is 25.3 Å². The molecule has 16 heavy (non-hydrogen) atoms. The van der Waals surface area contributed by atoms with E-state index in [9.17, 15) is 0 Å². The Morgan fingerprint density at radius 1 is 1.19 bits per heavy atom. The Bertz CT molecular complexity index is 504. The Morgan fingerprint density at radius 2 is 1.88 bits per heavy atom. The summed E-state index contributed by atoms with van der Waals surface area (Å²) in [6.07, 6.45) is 4.74. The van der Waals surface area contributed by atoms with Crippen LogP contribution in [0, 0.1) is 6.92 Å². The number of aryl methyl sites for hydroxylation is 2. The first-order valence-corrected chi connectivity index (χ1v) is 5.84. The Labute approximate surface area is 95.9 Å². The minimum atomic E-state index is 0.706. The molecule has 0 aliphatic heterocycles. The van der Waals surface area contributed by atoms with Gasteiger partial charge >= 0.3 is 0 Å². The molecule has 2 aromatic rings. The Kier molecular flexibility index (Phi) is 2.10. The largest absolute Gasteiger partial charge is 0.275 e. The quantitative estimate of drug-likeness (QED) is 0.747. The highest BCUT2D eigenvalue weighted by Crippen LogP contribution is 2.43. The number of rotatable bonds is 2. The van der Waals surface area contributed by atoms with Gasteiger partial charge in [-0.1, -0.05) is 29.8 Å². The molecule has 3 rings (SSSR count). The molecule has 1 saturated carbocycles. The van der Waals surface area contributed by atoms with E-state index in [1.807, 2.05) is 11.7 Å². The van der Waals surface area contributed by atoms with Gasteiger partial charge in [0, 0.05) is 24.7 Å². The Morgan fingerprint density at radius 3 is 2.50 bits per heavy atom. The van der Waals surface area contributed by atoms with Crippen molar-refractivity contribution < 1.29 is 0 Å². The molecular formula is C14H16N2. The van der Waals surface area contributed by atoms with Crippen LogP contribution >= 0.6 is 0 Å². The zero-order valence-electron chi connectivity index (χ0n) is 9.77. The summed E-state index contributed by atoms with van der Waals surface area (Å²) in [4.78, 5) is 0. The van der Waals surface area contributed by atoms with Gasteiger partial charge in [-0.25, -0.2) is 0 Å². The van der Waals surface area contributed by atoms with Crippen LogP contribution in [-0.2, 0) is 7.05 Å². The molecule has 0 atom stereocenters. The SMILES string of the molecule is Cc1ccc(-c2cn(C)nc2C2CC2)cc1. The molecule has 1 aromatic heterocycles. The van der Waals surface area contributed by atoms with Crippen LogP contribution in [0.3, 0.4) is 0 Å². The van der Waals surface area contributed by atoms with Gasteiger partial charge in [0.05, 0.1) is 5.69 Å². The molecule has 0 unspecified atom stereocenters. The lowest BCUT2D eigenvalue weighted by Gasteiger charge is -2.01. The van der Waals surface area contributed by atoms with Crippen LogP contribution in [0.5, 0.6) is 0 Å². The Hall–Kier alpha value is -1.57. The maximum Gasteiger partial charge on any atom is 0.0733 e. The first-order chi connectivity index (χ1) is 7.74. The second-order valence-corrected chi connectivity index (χ2v) is 4.74. The number of benzene rings is 1. The average molecular weight is 212 g/mol. The fourth-order valence-electron chi connectivity index (χ4n) is 2.12. The van der Waals surface area contributed by atoms with E-state index >= 15 is 0 Å². The van der Waals surface area contributed by atoms with Crippen molar-refractivity contribution in [1.29, 1.82) is 0 Å². The lowest BCUT2D eigenvalue weighted by Crippen LogP contribution is -1.89. The molecular weight excluding hydrogens is 196 g/mol. The highest BCUT2D eigenvalue weighted by Gasteiger charge is 2.29. The summed E-state index contributed by atoms with van der Waals surface area (Å²) in [6.45, 7) is 2.12. The summed E-state index contributed by atoms with van der Waals surface area (Å²) in [5.74, 6) is 0.706. The lowest BCUT2D eigenvalue weighted by molar-refractivity contribution is 0.744. The maximum absolute atomic E-state index is 4.59. The summed E-state index contributed by atoms with van der Waals surface area (Å²) in [6, 6.07) is 8.72. The minimum absolute atomic E-state index is 0.706. The van der Waals surface area contributed by atoms with Crippen molar-refractivity contribution in [2.45, 2.75) is 25.7 Å². The third kappa shape index (κ3) is 1.64. The van der Waals surface area contributed by atoms with Crippen LogP contribution in [0.1, 0.15) is 30.0 Å². The second kappa shape index (κ2) is 3.48. The van der Waals surface area contributed by atoms with Gasteiger partial charge in [0.15, 0.2) is 0 Å². The molecule has 1 aromatic carbocycles. The number of nitrogens with zero attached hydrogens (tertiary/aromatic N) is 2. The molecule has 1 aliphatic rings. The molecule has 2 heteroatoms. The molecule has 1 heterocycles. The zero-order chi connectivity index (χ0) is 11.1. The van der Waals surface area contributed by atoms with E-state index in [1.165, 1.54) is 35.2 Å². The molecule has 0 saturated heterocycles. The summed E-state index contributed by atoms with van der Waals surface area (Å²) < 4.78 is 1.93. The molecule has 0 bridgehead atoms. The van der Waals surface area contributed by atoms with Gasteiger partial charge in [-0.3, -0.25) is 4.68 Å². The van der Waals surface area contributed by atoms with Gasteiger partial charge in [-0.15, -0.1) is 0 Å². The zero-order valence-corrected chi connectivity index (χ0v) is 9.77. The molecule has 1 aliphatic carbocycles. The van der Waals surface area contributed by atoms with E-state index in [0.717, 1.165) is 0 Å². The predicted molar refractivity (Wildman–Crippen MR) is 65.4 cm³/mol. The van der Waals surface area contributed by atoms with Crippen molar-refractivity contribution in [3.63, 3.8) is 0 Å². The van der Waals surface area contributed by atoms with Crippen LogP contribution in [0.4, 0.5) is 0 Å². The molecule has 2 nitrogen and oxygen atoms in total. The van der Waals surface area contributed by atoms with E-state index in [2.05, 4.69) is 42.5 Å². The number of hydrogen-bond donors (Lipinski definition) is 0. The van der Waals surface area contributed by atoms with E-state index < -0.39 is 0 Å². The van der Waals surface area contributed by atoms with E-state index in [4.69, 9.17) is 0 Å². The van der Waals surface area contributed by atoms with Crippen LogP contribution in [-0.4, -0.2) is 9.78 Å². The second-order valence-electron chi connectivity index (χ2n) is 4.74. The van der Waals surface area contributed by atoms with Crippen LogP contribution in [0.25, 0.3) is 11.1 Å². The van der Waals surface area contributed by atoms with Crippen molar-refractivity contribution in [3.05, 3.63) is 41.7 Å². The molecule has 0 spiro atoms. The first-order valence-electron chi connectivity index (χ1n) is 5.84. The fourth-order valence-corrected chi connectivity index (χ4v) is 2.12. The molecule has 0 amide bonds. The van der Waals surface area contributed by atoms with Crippen LogP contribution in [0.15, 0.2) is 30.5 Å². The van der Waals surface area contributed by atoms with E-state index in [0.29, 0.717) is 5.92 Å². The Balaban J connectivity index is 2.07. The topological polar surface area (TPSA) is 17.8 Å². The van der Waals surface area contributed by atoms with Gasteiger partial charge in [0.1, 0.15) is 0 Å². The smallest absolute Gasteiger partial charge is 0.0733 e. The van der Waals surface area contributed by atoms with Gasteiger partial charge in [-0.2, -0.15) is 5.10 Å². The molecule has 0 N–H and O–H groups in total. The standard InChI is InChI=1S/C14H16N2/c1-10-3-5-11(6-4-10)13-9-16(2)15-14(13)12-7-8-12/h3-6,9,12H,7-8H2,1-2H3. The van der Waals surface area contributed by atoms with Gasteiger partial charge in [0.2, 0.25) is 0 Å². The predicted octanol–water partition coefficient (Wildman–Crippen LogP) is 3.27. The van der Waals surface area contributed by atoms with Crippen molar-refractivity contribution >= 4 is 0 Å².